The standard InChI is InChI=1S/C22H28N2O4/c1-2-23-21(27)24-19(25)18(17-6-4-3-5-7-17)28-20(26)22-11-14-8-15(12-22)10-16(9-14)13-22/h3-7,14-16,18H,2,8-13H2,1H3,(H2,23,24,25,27)/t14?,15?,16?,18-,22?/m0/s1. The molecule has 1 aromatic carbocycles. The summed E-state index contributed by atoms with van der Waals surface area (Å²) in [6.45, 7) is 2.17. The normalized spacial score (nSPS) is 31.1. The smallest absolute Gasteiger partial charge is 0.321 e. The molecule has 1 atom stereocenters. The van der Waals surface area contributed by atoms with Crippen LogP contribution >= 0.6 is 0 Å². The second kappa shape index (κ2) is 7.57. The van der Waals surface area contributed by atoms with E-state index in [0.29, 0.717) is 29.9 Å². The maximum Gasteiger partial charge on any atom is 0.321 e. The Bertz CT molecular complexity index is 726. The van der Waals surface area contributed by atoms with E-state index >= 15 is 0 Å². The van der Waals surface area contributed by atoms with Crippen molar-refractivity contribution in [1.29, 1.82) is 0 Å². The Hall–Kier alpha value is -2.37. The zero-order valence-corrected chi connectivity index (χ0v) is 16.3. The second-order valence-electron chi connectivity index (χ2n) is 8.74. The maximum absolute atomic E-state index is 13.3. The third-order valence-electron chi connectivity index (χ3n) is 6.61. The molecule has 5 rings (SSSR count). The van der Waals surface area contributed by atoms with Crippen LogP contribution in [-0.2, 0) is 14.3 Å². The number of hydrogen-bond donors (Lipinski definition) is 2. The third kappa shape index (κ3) is 3.64. The van der Waals surface area contributed by atoms with Gasteiger partial charge in [0.15, 0.2) is 0 Å². The fraction of sp³-hybridized carbons (Fsp3) is 0.591. The monoisotopic (exact) mass is 384 g/mol. The van der Waals surface area contributed by atoms with Crippen LogP contribution in [0.1, 0.15) is 57.1 Å². The van der Waals surface area contributed by atoms with E-state index in [9.17, 15) is 14.4 Å². The van der Waals surface area contributed by atoms with Crippen LogP contribution in [0.5, 0.6) is 0 Å². The number of urea groups is 1. The van der Waals surface area contributed by atoms with E-state index in [2.05, 4.69) is 10.6 Å². The van der Waals surface area contributed by atoms with E-state index in [1.807, 2.05) is 6.07 Å². The summed E-state index contributed by atoms with van der Waals surface area (Å²) < 4.78 is 5.83. The minimum atomic E-state index is -1.12. The van der Waals surface area contributed by atoms with Crippen molar-refractivity contribution in [2.24, 2.45) is 23.2 Å². The van der Waals surface area contributed by atoms with Gasteiger partial charge in [0, 0.05) is 12.1 Å². The fourth-order valence-electron chi connectivity index (χ4n) is 5.88. The van der Waals surface area contributed by atoms with Crippen LogP contribution < -0.4 is 10.6 Å². The number of hydrogen-bond acceptors (Lipinski definition) is 4. The molecule has 0 radical (unpaired) electrons. The van der Waals surface area contributed by atoms with Gasteiger partial charge in [-0.25, -0.2) is 4.79 Å². The molecule has 4 fully saturated rings. The summed E-state index contributed by atoms with van der Waals surface area (Å²) >= 11 is 0. The number of esters is 1. The van der Waals surface area contributed by atoms with Gasteiger partial charge in [-0.2, -0.15) is 0 Å². The lowest BCUT2D eigenvalue weighted by molar-refractivity contribution is -0.179. The number of imide groups is 1. The Morgan fingerprint density at radius 1 is 1.04 bits per heavy atom. The molecule has 4 aliphatic rings. The Balaban J connectivity index is 1.53. The predicted octanol–water partition coefficient (Wildman–Crippen LogP) is 3.33. The van der Waals surface area contributed by atoms with Gasteiger partial charge >= 0.3 is 12.0 Å². The summed E-state index contributed by atoms with van der Waals surface area (Å²) in [5.41, 5.74) is 0.121. The summed E-state index contributed by atoms with van der Waals surface area (Å²) in [5, 5.41) is 4.83. The van der Waals surface area contributed by atoms with Crippen LogP contribution in [0.3, 0.4) is 0 Å². The molecule has 0 saturated heterocycles. The van der Waals surface area contributed by atoms with Gasteiger partial charge in [-0.1, -0.05) is 30.3 Å². The van der Waals surface area contributed by atoms with Crippen molar-refractivity contribution in [2.45, 2.75) is 51.6 Å². The highest BCUT2D eigenvalue weighted by Gasteiger charge is 2.56. The Labute approximate surface area is 165 Å². The topological polar surface area (TPSA) is 84.5 Å². The van der Waals surface area contributed by atoms with Crippen molar-refractivity contribution in [1.82, 2.24) is 10.6 Å². The minimum Gasteiger partial charge on any atom is -0.447 e. The molecule has 4 aliphatic carbocycles. The van der Waals surface area contributed by atoms with Crippen LogP contribution in [0.4, 0.5) is 4.79 Å². The van der Waals surface area contributed by atoms with Gasteiger partial charge in [-0.05, 0) is 63.2 Å². The molecular formula is C22H28N2O4. The van der Waals surface area contributed by atoms with Gasteiger partial charge in [0.2, 0.25) is 6.10 Å². The Morgan fingerprint density at radius 2 is 1.61 bits per heavy atom. The quantitative estimate of drug-likeness (QED) is 0.763. The number of carbonyl (C=O) groups is 3. The SMILES string of the molecule is CCNC(=O)NC(=O)[C@@H](OC(=O)C12CC3CC(CC(C3)C1)C2)c1ccccc1. The lowest BCUT2D eigenvalue weighted by atomic mass is 9.49. The molecule has 2 N–H and O–H groups in total. The van der Waals surface area contributed by atoms with Gasteiger partial charge < -0.3 is 10.1 Å². The molecule has 4 bridgehead atoms. The molecule has 0 spiro atoms. The molecule has 150 valence electrons. The first kappa shape index (κ1) is 19.0. The molecule has 0 aromatic heterocycles. The largest absolute Gasteiger partial charge is 0.447 e. The first-order chi connectivity index (χ1) is 13.5. The van der Waals surface area contributed by atoms with Crippen LogP contribution in [0.2, 0.25) is 0 Å². The van der Waals surface area contributed by atoms with Gasteiger partial charge in [0.25, 0.3) is 5.91 Å². The highest BCUT2D eigenvalue weighted by molar-refractivity contribution is 5.98. The Morgan fingerprint density at radius 3 is 2.14 bits per heavy atom. The number of nitrogens with one attached hydrogen (secondary N) is 2. The molecule has 1 aromatic rings. The highest BCUT2D eigenvalue weighted by Crippen LogP contribution is 2.60. The van der Waals surface area contributed by atoms with Crippen molar-refractivity contribution in [2.75, 3.05) is 6.54 Å². The molecular weight excluding hydrogens is 356 g/mol. The summed E-state index contributed by atoms with van der Waals surface area (Å²) in [6, 6.07) is 8.33. The van der Waals surface area contributed by atoms with Gasteiger partial charge in [0.1, 0.15) is 0 Å². The lowest BCUT2D eigenvalue weighted by Gasteiger charge is -2.55. The first-order valence-electron chi connectivity index (χ1n) is 10.3. The first-order valence-corrected chi connectivity index (χ1v) is 10.3. The molecule has 0 aliphatic heterocycles. The predicted molar refractivity (Wildman–Crippen MR) is 103 cm³/mol. The van der Waals surface area contributed by atoms with Crippen LogP contribution in [0.25, 0.3) is 0 Å². The zero-order chi connectivity index (χ0) is 19.7. The summed E-state index contributed by atoms with van der Waals surface area (Å²) in [5.74, 6) is 0.941. The molecule has 0 unspecified atom stereocenters. The van der Waals surface area contributed by atoms with Gasteiger partial charge in [-0.15, -0.1) is 0 Å². The average Bonchev–Trinajstić information content (AvgIpc) is 2.65. The lowest BCUT2D eigenvalue weighted by Crippen LogP contribution is -2.51. The van der Waals surface area contributed by atoms with Crippen molar-refractivity contribution in [3.8, 4) is 0 Å². The van der Waals surface area contributed by atoms with E-state index in [1.54, 1.807) is 31.2 Å². The molecule has 3 amide bonds. The van der Waals surface area contributed by atoms with Crippen molar-refractivity contribution < 1.29 is 19.1 Å². The van der Waals surface area contributed by atoms with Crippen molar-refractivity contribution in [3.05, 3.63) is 35.9 Å². The number of benzene rings is 1. The molecule has 0 heterocycles. The molecule has 6 heteroatoms. The molecule has 28 heavy (non-hydrogen) atoms. The van der Waals surface area contributed by atoms with E-state index in [-0.39, 0.29) is 5.97 Å². The van der Waals surface area contributed by atoms with Crippen LogP contribution in [0, 0.1) is 23.2 Å². The fourth-order valence-corrected chi connectivity index (χ4v) is 5.88. The van der Waals surface area contributed by atoms with Crippen LogP contribution in [0.15, 0.2) is 30.3 Å². The molecule has 4 saturated carbocycles. The van der Waals surface area contributed by atoms with E-state index in [4.69, 9.17) is 4.74 Å². The number of rotatable bonds is 5. The van der Waals surface area contributed by atoms with E-state index in [1.165, 1.54) is 19.3 Å². The van der Waals surface area contributed by atoms with Crippen molar-refractivity contribution in [3.63, 3.8) is 0 Å². The highest BCUT2D eigenvalue weighted by atomic mass is 16.5. The summed E-state index contributed by atoms with van der Waals surface area (Å²) in [4.78, 5) is 37.8. The third-order valence-corrected chi connectivity index (χ3v) is 6.61. The van der Waals surface area contributed by atoms with Crippen LogP contribution in [-0.4, -0.2) is 24.5 Å². The minimum absolute atomic E-state index is 0.272. The average molecular weight is 384 g/mol. The second-order valence-corrected chi connectivity index (χ2v) is 8.74. The maximum atomic E-state index is 13.3. The van der Waals surface area contributed by atoms with E-state index in [0.717, 1.165) is 19.3 Å². The van der Waals surface area contributed by atoms with Gasteiger partial charge in [-0.3, -0.25) is 14.9 Å². The van der Waals surface area contributed by atoms with Gasteiger partial charge in [0.05, 0.1) is 5.41 Å². The number of ether oxygens (including phenoxy) is 1. The molecule has 6 nitrogen and oxygen atoms in total. The number of amides is 3. The van der Waals surface area contributed by atoms with Crippen molar-refractivity contribution >= 4 is 17.9 Å². The Kier molecular flexibility index (Phi) is 5.13. The number of carbonyl (C=O) groups excluding carboxylic acids is 3. The summed E-state index contributed by atoms with van der Waals surface area (Å²) in [7, 11) is 0. The zero-order valence-electron chi connectivity index (χ0n) is 16.3. The summed E-state index contributed by atoms with van der Waals surface area (Å²) in [6.07, 6.45) is 5.18. The van der Waals surface area contributed by atoms with E-state index < -0.39 is 23.5 Å².